The van der Waals surface area contributed by atoms with Crippen molar-refractivity contribution in [1.29, 1.82) is 0 Å². The minimum absolute atomic E-state index is 0. The molecule has 24 nitrogen and oxygen atoms in total. The van der Waals surface area contributed by atoms with Gasteiger partial charge in [0.2, 0.25) is 0 Å². The molecule has 1 aliphatic heterocycles. The van der Waals surface area contributed by atoms with Crippen molar-refractivity contribution in [1.82, 2.24) is 19.9 Å². The number of likely N-dealkylation sites (tertiary alicyclic amines) is 1. The molecule has 17 rings (SSSR count). The Bertz CT molecular complexity index is 5700. The molecule has 5 atom stereocenters. The molecule has 0 saturated carbocycles. The van der Waals surface area contributed by atoms with Gasteiger partial charge in [-0.25, -0.2) is 4.57 Å². The predicted molar refractivity (Wildman–Crippen MR) is 490 cm³/mol. The number of rotatable bonds is 25. The summed E-state index contributed by atoms with van der Waals surface area (Å²) in [6.45, 7) is 4.11. The van der Waals surface area contributed by atoms with E-state index >= 15 is 0 Å². The number of methoxy groups -OCH3 is 12. The van der Waals surface area contributed by atoms with Gasteiger partial charge in [0.15, 0.2) is 105 Å². The zero-order valence-electron chi connectivity index (χ0n) is 75.1. The average molecular weight is 1870 g/mol. The van der Waals surface area contributed by atoms with Crippen LogP contribution in [-0.2, 0) is 89.4 Å². The number of benzene rings is 7. The van der Waals surface area contributed by atoms with Crippen molar-refractivity contribution in [3.63, 3.8) is 0 Å². The lowest BCUT2D eigenvalue weighted by molar-refractivity contribution is -0.688. The fourth-order valence-corrected chi connectivity index (χ4v) is 17.6. The molecule has 130 heavy (non-hydrogen) atoms. The third kappa shape index (κ3) is 23.9. The number of carbonyl (C=O) groups excluding carboxylic acids is 7. The molecule has 5 heterocycles. The molecule has 0 spiro atoms. The standard InChI is InChI=1S/C24H29NO3.C24H24NO3.C19H19NO5.C17H17NO3.C13H14O5.C6H6ClN.BrH.ClH/c2*1-27-22-14-19-13-20(24(26)21(19)15-23(22)28-2)12-17-8-10-25(11-9-17)16-18-6-4-3-5-7-18;1-23-15-8-13-11-19(18(22)25-3,10-12-4-6-20-7-5-12)17(21)14(13)9-16(15)24-2;1-20-15-9-12-8-13(7-11-3-5-18-6-4-11)17(19)14(12)10-16(15)21-2;1-16-10-5-7-4-9(13(15)18-3)12(14)8(7)6-11(10)17-2;7-5-6-1-3-8-4-2-6;;/h3-7,14-15,17,20H,8-13,16H2,1-2H3;3-11,14-15,20H,12-13,16H2,1-2H3;4-9H,10-11H2,1-3H3;3-6,9-10,13H,7-8H2,1-2H3;5-6,9H,4H2,1-3H3;1-4H,5H2;2*1H/q;+1;;;;;;/p-1. The smallest absolute Gasteiger partial charge is 0.320 e. The van der Waals surface area contributed by atoms with E-state index in [2.05, 4.69) is 108 Å². The number of carbonyl (C=O) groups is 7. The zero-order valence-corrected chi connectivity index (χ0v) is 78.3. The third-order valence-corrected chi connectivity index (χ3v) is 24.5. The summed E-state index contributed by atoms with van der Waals surface area (Å²) in [5.74, 6) is 5.59. The maximum Gasteiger partial charge on any atom is 0.320 e. The number of ketones is 5. The molecule has 0 amide bonds. The van der Waals surface area contributed by atoms with Crippen LogP contribution in [0.1, 0.15) is 132 Å². The van der Waals surface area contributed by atoms with Crippen molar-refractivity contribution in [2.75, 3.05) is 98.4 Å². The van der Waals surface area contributed by atoms with Crippen LogP contribution in [0.2, 0.25) is 0 Å². The number of ether oxygens (including phenoxy) is 12. The van der Waals surface area contributed by atoms with E-state index in [1.54, 1.807) is 122 Å². The normalized spacial score (nSPS) is 16.9. The summed E-state index contributed by atoms with van der Waals surface area (Å²) in [7, 11) is 18.3. The Kier molecular flexibility index (Phi) is 36.5. The van der Waals surface area contributed by atoms with Gasteiger partial charge in [0, 0.05) is 113 Å². The predicted octanol–water partition coefficient (Wildman–Crippen LogP) is 13.4. The van der Waals surface area contributed by atoms with Crippen molar-refractivity contribution in [2.24, 2.45) is 35.0 Å². The molecule has 1 saturated heterocycles. The van der Waals surface area contributed by atoms with Gasteiger partial charge in [-0.05, 0) is 242 Å². The minimum Gasteiger partial charge on any atom is -1.00 e. The number of halogens is 3. The van der Waals surface area contributed by atoms with E-state index in [9.17, 15) is 33.6 Å². The van der Waals surface area contributed by atoms with E-state index in [1.807, 2.05) is 60.7 Å². The van der Waals surface area contributed by atoms with Gasteiger partial charge in [-0.3, -0.25) is 53.4 Å². The fourth-order valence-electron chi connectivity index (χ4n) is 17.4. The first-order valence-corrected chi connectivity index (χ1v) is 42.9. The largest absolute Gasteiger partial charge is 1.00 e. The van der Waals surface area contributed by atoms with E-state index in [0.29, 0.717) is 86.8 Å². The van der Waals surface area contributed by atoms with Crippen LogP contribution >= 0.6 is 24.0 Å². The van der Waals surface area contributed by atoms with Gasteiger partial charge < -0.3 is 73.8 Å². The van der Waals surface area contributed by atoms with Crippen LogP contribution in [0, 0.1) is 35.0 Å². The molecule has 0 N–H and O–H groups in total. The van der Waals surface area contributed by atoms with E-state index in [4.69, 9.17) is 63.7 Å². The highest BCUT2D eigenvalue weighted by Gasteiger charge is 2.53. The number of aromatic nitrogens is 4. The number of nitrogens with zero attached hydrogens (tertiary/aromatic N) is 5. The number of piperidine rings is 1. The van der Waals surface area contributed by atoms with Gasteiger partial charge in [0.05, 0.1) is 85.3 Å². The van der Waals surface area contributed by atoms with Crippen LogP contribution < -0.4 is 68.9 Å². The second-order valence-corrected chi connectivity index (χ2v) is 32.2. The second kappa shape index (κ2) is 47.7. The van der Waals surface area contributed by atoms with E-state index in [1.165, 1.54) is 72.2 Å². The highest BCUT2D eigenvalue weighted by atomic mass is 79.9. The highest BCUT2D eigenvalue weighted by Crippen LogP contribution is 2.47. The van der Waals surface area contributed by atoms with Crippen molar-refractivity contribution in [3.05, 3.63) is 308 Å². The lowest BCUT2D eigenvalue weighted by Crippen LogP contribution is -3.00. The third-order valence-electron chi connectivity index (χ3n) is 24.2. The molecular formula is C103H110BrCl2N5O19. The number of pyridine rings is 4. The first-order chi connectivity index (χ1) is 62.2. The molecule has 5 unspecified atom stereocenters. The van der Waals surface area contributed by atoms with Crippen molar-refractivity contribution in [3.8, 4) is 57.5 Å². The van der Waals surface area contributed by atoms with Crippen molar-refractivity contribution >= 4 is 64.9 Å². The Balaban J connectivity index is 0.000000166. The number of alkyl halides is 1. The molecule has 27 heteroatoms. The van der Waals surface area contributed by atoms with Crippen molar-refractivity contribution in [2.45, 2.75) is 89.6 Å². The summed E-state index contributed by atoms with van der Waals surface area (Å²) in [5.41, 5.74) is 13.7. The molecule has 6 aliphatic rings. The average Bonchev–Trinajstić information content (AvgIpc) is 1.58. The van der Waals surface area contributed by atoms with Crippen LogP contribution in [0.15, 0.2) is 219 Å². The van der Waals surface area contributed by atoms with Gasteiger partial charge in [-0.15, -0.1) is 24.0 Å². The molecule has 11 aromatic rings. The van der Waals surface area contributed by atoms with E-state index in [-0.39, 0.29) is 88.9 Å². The lowest BCUT2D eigenvalue weighted by Gasteiger charge is -2.32. The number of hydrogen-bond acceptors (Lipinski definition) is 23. The van der Waals surface area contributed by atoms with Crippen LogP contribution in [0.3, 0.4) is 0 Å². The molecule has 4 aromatic heterocycles. The maximum atomic E-state index is 13.2. The lowest BCUT2D eigenvalue weighted by atomic mass is 9.78. The van der Waals surface area contributed by atoms with Gasteiger partial charge in [0.25, 0.3) is 0 Å². The number of hydrogen-bond donors (Lipinski definition) is 0. The molecule has 5 aliphatic carbocycles. The molecular weight excluding hydrogens is 1760 g/mol. The molecule has 0 radical (unpaired) electrons. The fraction of sp³-hybridized carbons (Fsp3) is 0.330. The van der Waals surface area contributed by atoms with Crippen LogP contribution in [0.25, 0.3) is 0 Å². The highest BCUT2D eigenvalue weighted by molar-refractivity contribution is 6.17. The summed E-state index contributed by atoms with van der Waals surface area (Å²) in [4.78, 5) is 102. The summed E-state index contributed by atoms with van der Waals surface area (Å²) in [5, 5.41) is 0. The van der Waals surface area contributed by atoms with Crippen LogP contribution in [0.4, 0.5) is 0 Å². The first kappa shape index (κ1) is 99.6. The Morgan fingerprint density at radius 1 is 0.400 bits per heavy atom. The molecule has 1 fully saturated rings. The number of esters is 2. The van der Waals surface area contributed by atoms with E-state index < -0.39 is 23.3 Å². The number of fused-ring (bicyclic) bond motifs is 5. The number of Topliss-reactive ketones (excluding diaryl/α,β-unsaturated/α-hetero) is 5. The second-order valence-electron chi connectivity index (χ2n) is 31.9. The Morgan fingerprint density at radius 2 is 0.754 bits per heavy atom. The van der Waals surface area contributed by atoms with Crippen molar-refractivity contribution < 1.29 is 112 Å². The topological polar surface area (TPSA) is 276 Å². The minimum atomic E-state index is -1.28. The molecule has 0 bridgehead atoms. The Labute approximate surface area is 780 Å². The van der Waals surface area contributed by atoms with Gasteiger partial charge in [-0.2, -0.15) is 0 Å². The Hall–Kier alpha value is -12.6. The summed E-state index contributed by atoms with van der Waals surface area (Å²) in [6.07, 6.45) is 22.4. The zero-order chi connectivity index (χ0) is 91.0. The summed E-state index contributed by atoms with van der Waals surface area (Å²) < 4.78 is 64.7. The van der Waals surface area contributed by atoms with Gasteiger partial charge in [-0.1, -0.05) is 60.7 Å². The SMILES string of the molecule is COC(=O)C1(Cc2ccncc2)Cc2cc(OC)c(OC)cc2C1=O.COC(=O)C1Cc2cc(OC)c(OC)cc2C1=O.COc1cc2c(cc1OC)C(=O)C(CC1CCN(Cc3ccccc3)CC1)C2.COc1cc2c(cc1OC)C(=O)C(Cc1cc[n+](Cc3ccccc3)cc1)C2.COc1cc2c(cc1OC)C(=O)C(Cc1ccncc1)C2.Cl.ClCc1ccncc1.[Br-]. The molecule has 7 aromatic carbocycles. The van der Waals surface area contributed by atoms with Gasteiger partial charge >= 0.3 is 11.9 Å². The quantitative estimate of drug-likeness (QED) is 0.0222. The summed E-state index contributed by atoms with van der Waals surface area (Å²) >= 11 is 5.50. The van der Waals surface area contributed by atoms with Gasteiger partial charge in [0.1, 0.15) is 11.3 Å². The van der Waals surface area contributed by atoms with Crippen LogP contribution in [-0.4, -0.2) is 159 Å². The Morgan fingerprint density at radius 3 is 1.15 bits per heavy atom. The van der Waals surface area contributed by atoms with Crippen LogP contribution in [0.5, 0.6) is 57.5 Å². The molecule has 682 valence electrons. The monoisotopic (exact) mass is 1870 g/mol. The summed E-state index contributed by atoms with van der Waals surface area (Å²) in [6, 6.07) is 54.6. The maximum absolute atomic E-state index is 13.2. The van der Waals surface area contributed by atoms with E-state index in [0.717, 1.165) is 126 Å². The first-order valence-electron chi connectivity index (χ1n) is 42.3.